The fraction of sp³-hybridized carbons (Fsp3) is 0.800. The third-order valence-electron chi connectivity index (χ3n) is 9.42. The van der Waals surface area contributed by atoms with Crippen LogP contribution >= 0.6 is 0 Å². The Bertz CT molecular complexity index is 840. The zero-order chi connectivity index (χ0) is 21.4. The molecule has 3 fully saturated rings. The highest BCUT2D eigenvalue weighted by atomic mass is 16.7. The molecular weight excluding hydrogens is 378 g/mol. The fourth-order valence-corrected chi connectivity index (χ4v) is 8.08. The summed E-state index contributed by atoms with van der Waals surface area (Å²) in [5.74, 6) is 0.0831. The lowest BCUT2D eigenvalue weighted by Crippen LogP contribution is -2.67. The molecule has 166 valence electrons. The summed E-state index contributed by atoms with van der Waals surface area (Å²) in [6.07, 6.45) is 6.99. The van der Waals surface area contributed by atoms with E-state index >= 15 is 0 Å². The summed E-state index contributed by atoms with van der Waals surface area (Å²) in [5, 5.41) is 20.0. The average Bonchev–Trinajstić information content (AvgIpc) is 2.71. The van der Waals surface area contributed by atoms with Crippen LogP contribution in [0.25, 0.3) is 0 Å². The summed E-state index contributed by atoms with van der Waals surface area (Å²) in [7, 11) is 0. The van der Waals surface area contributed by atoms with Crippen molar-refractivity contribution in [2.75, 3.05) is 6.61 Å². The molecular formula is C25H37NO4. The van der Waals surface area contributed by atoms with Gasteiger partial charge in [0.15, 0.2) is 5.79 Å². The molecule has 0 bridgehead atoms. The first-order valence-electron chi connectivity index (χ1n) is 11.7. The molecule has 2 aliphatic heterocycles. The van der Waals surface area contributed by atoms with E-state index in [2.05, 4.69) is 38.7 Å². The number of hydrogen-bond donors (Lipinski definition) is 2. The van der Waals surface area contributed by atoms with Gasteiger partial charge in [0.25, 0.3) is 0 Å². The molecule has 6 atom stereocenters. The van der Waals surface area contributed by atoms with Gasteiger partial charge in [-0.15, -0.1) is 0 Å². The van der Waals surface area contributed by atoms with Crippen LogP contribution in [0.5, 0.6) is 0 Å². The van der Waals surface area contributed by atoms with Gasteiger partial charge in [-0.05, 0) is 73.3 Å². The third kappa shape index (κ3) is 2.78. The van der Waals surface area contributed by atoms with Gasteiger partial charge in [-0.3, -0.25) is 4.98 Å². The Labute approximate surface area is 180 Å². The van der Waals surface area contributed by atoms with Gasteiger partial charge in [0.1, 0.15) is 0 Å². The van der Waals surface area contributed by atoms with Crippen molar-refractivity contribution in [1.29, 1.82) is 0 Å². The second kappa shape index (κ2) is 6.74. The van der Waals surface area contributed by atoms with Gasteiger partial charge in [-0.25, -0.2) is 0 Å². The van der Waals surface area contributed by atoms with E-state index in [-0.39, 0.29) is 30.1 Å². The van der Waals surface area contributed by atoms with E-state index in [9.17, 15) is 10.2 Å². The van der Waals surface area contributed by atoms with Crippen molar-refractivity contribution in [2.24, 2.45) is 22.7 Å². The van der Waals surface area contributed by atoms with E-state index in [1.54, 1.807) is 0 Å². The molecule has 0 spiro atoms. The summed E-state index contributed by atoms with van der Waals surface area (Å²) in [6.45, 7) is 9.78. The first-order chi connectivity index (χ1) is 14.2. The fourth-order valence-electron chi connectivity index (χ4n) is 8.08. The first kappa shape index (κ1) is 20.9. The maximum absolute atomic E-state index is 10.5. The van der Waals surface area contributed by atoms with Crippen LogP contribution in [0.2, 0.25) is 0 Å². The minimum absolute atomic E-state index is 0.0369. The van der Waals surface area contributed by atoms with E-state index in [0.29, 0.717) is 29.6 Å². The van der Waals surface area contributed by atoms with Crippen LogP contribution in [0, 0.1) is 22.7 Å². The van der Waals surface area contributed by atoms with Gasteiger partial charge < -0.3 is 19.7 Å². The normalized spacial score (nSPS) is 44.4. The maximum atomic E-state index is 10.5. The number of hydrogen-bond acceptors (Lipinski definition) is 5. The second-order valence-corrected chi connectivity index (χ2v) is 11.5. The predicted molar refractivity (Wildman–Crippen MR) is 114 cm³/mol. The lowest BCUT2D eigenvalue weighted by atomic mass is 9.44. The molecule has 1 saturated heterocycles. The smallest absolute Gasteiger partial charge is 0.199 e. The van der Waals surface area contributed by atoms with Crippen molar-refractivity contribution >= 4 is 0 Å². The van der Waals surface area contributed by atoms with Crippen molar-refractivity contribution in [3.05, 3.63) is 29.1 Å². The highest BCUT2D eigenvalue weighted by Gasteiger charge is 2.65. The number of fused-ring (bicyclic) bond motifs is 6. The van der Waals surface area contributed by atoms with E-state index in [0.717, 1.165) is 24.1 Å². The van der Waals surface area contributed by atoms with Crippen molar-refractivity contribution in [2.45, 2.75) is 96.7 Å². The van der Waals surface area contributed by atoms with Crippen LogP contribution in [0.15, 0.2) is 12.1 Å². The number of aliphatic hydroxyl groups is 2. The van der Waals surface area contributed by atoms with Crippen molar-refractivity contribution in [3.8, 4) is 0 Å². The van der Waals surface area contributed by atoms with Crippen LogP contribution in [0.3, 0.4) is 0 Å². The first-order valence-corrected chi connectivity index (χ1v) is 11.7. The molecule has 4 aliphatic rings. The Morgan fingerprint density at radius 3 is 2.60 bits per heavy atom. The van der Waals surface area contributed by atoms with Gasteiger partial charge in [0.2, 0.25) is 0 Å². The number of aromatic nitrogens is 1. The Morgan fingerprint density at radius 2 is 1.87 bits per heavy atom. The summed E-state index contributed by atoms with van der Waals surface area (Å²) < 4.78 is 13.1. The SMILES string of the molecule is CC1(C)CCC[C@@]2(C)[C@H]1CC[C@@]1(C)O[C@]3(CO)OCc4nc(CO)ccc4[C@@H]3C[C@@H]21. The maximum Gasteiger partial charge on any atom is 0.199 e. The number of pyridine rings is 1. The summed E-state index contributed by atoms with van der Waals surface area (Å²) in [4.78, 5) is 4.62. The van der Waals surface area contributed by atoms with Crippen LogP contribution in [0.4, 0.5) is 0 Å². The van der Waals surface area contributed by atoms with Crippen molar-refractivity contribution in [1.82, 2.24) is 4.98 Å². The van der Waals surface area contributed by atoms with Crippen molar-refractivity contribution < 1.29 is 19.7 Å². The van der Waals surface area contributed by atoms with Gasteiger partial charge in [-0.2, -0.15) is 0 Å². The Kier molecular flexibility index (Phi) is 4.69. The second-order valence-electron chi connectivity index (χ2n) is 11.5. The zero-order valence-electron chi connectivity index (χ0n) is 18.9. The molecule has 5 rings (SSSR count). The lowest BCUT2D eigenvalue weighted by molar-refractivity contribution is -0.374. The molecule has 1 aromatic heterocycles. The standard InChI is InChI=1S/C25H37NO4/c1-22(2)9-5-10-23(3)20(22)8-11-24(4)21(23)12-18-17-7-6-16(13-27)26-19(17)14-29-25(18,15-28)30-24/h6-7,18,20-21,27-28H,5,8-15H2,1-4H3/t18-,20-,21-,23-,24+,25-/m0/s1. The highest BCUT2D eigenvalue weighted by molar-refractivity contribution is 5.32. The number of aliphatic hydroxyl groups excluding tert-OH is 2. The topological polar surface area (TPSA) is 71.8 Å². The predicted octanol–water partition coefficient (Wildman–Crippen LogP) is 4.30. The third-order valence-corrected chi connectivity index (χ3v) is 9.42. The van der Waals surface area contributed by atoms with Gasteiger partial charge >= 0.3 is 0 Å². The minimum Gasteiger partial charge on any atom is -0.391 e. The van der Waals surface area contributed by atoms with E-state index in [4.69, 9.17) is 9.47 Å². The molecule has 0 amide bonds. The molecule has 0 aromatic carbocycles. The zero-order valence-corrected chi connectivity index (χ0v) is 18.9. The Hall–Kier alpha value is -1.01. The van der Waals surface area contributed by atoms with E-state index in [1.807, 2.05) is 6.07 Å². The molecule has 5 nitrogen and oxygen atoms in total. The summed E-state index contributed by atoms with van der Waals surface area (Å²) in [5.41, 5.74) is 2.97. The quantitative estimate of drug-likeness (QED) is 0.754. The van der Waals surface area contributed by atoms with Gasteiger partial charge in [-0.1, -0.05) is 33.3 Å². The molecule has 0 radical (unpaired) electrons. The molecule has 5 heteroatoms. The highest BCUT2D eigenvalue weighted by Crippen LogP contribution is 2.67. The molecule has 2 saturated carbocycles. The largest absolute Gasteiger partial charge is 0.391 e. The molecule has 2 aliphatic carbocycles. The van der Waals surface area contributed by atoms with Crippen LogP contribution < -0.4 is 0 Å². The summed E-state index contributed by atoms with van der Waals surface area (Å²) in [6, 6.07) is 3.97. The lowest BCUT2D eigenvalue weighted by Gasteiger charge is -2.67. The van der Waals surface area contributed by atoms with Crippen LogP contribution in [0.1, 0.15) is 89.1 Å². The van der Waals surface area contributed by atoms with Gasteiger partial charge in [0.05, 0.1) is 36.8 Å². The summed E-state index contributed by atoms with van der Waals surface area (Å²) >= 11 is 0. The van der Waals surface area contributed by atoms with E-state index < -0.39 is 5.79 Å². The van der Waals surface area contributed by atoms with Crippen molar-refractivity contribution in [3.63, 3.8) is 0 Å². The van der Waals surface area contributed by atoms with Crippen LogP contribution in [-0.4, -0.2) is 33.2 Å². The monoisotopic (exact) mass is 415 g/mol. The number of rotatable bonds is 2. The number of nitrogens with zero attached hydrogens (tertiary/aromatic N) is 1. The molecule has 3 heterocycles. The number of ether oxygens (including phenoxy) is 2. The van der Waals surface area contributed by atoms with E-state index in [1.165, 1.54) is 25.7 Å². The van der Waals surface area contributed by atoms with Crippen LogP contribution in [-0.2, 0) is 22.7 Å². The molecule has 30 heavy (non-hydrogen) atoms. The molecule has 0 unspecified atom stereocenters. The molecule has 1 aromatic rings. The van der Waals surface area contributed by atoms with Gasteiger partial charge in [0, 0.05) is 5.92 Å². The molecule has 2 N–H and O–H groups in total. The Morgan fingerprint density at radius 1 is 1.07 bits per heavy atom. The minimum atomic E-state index is -0.992. The Balaban J connectivity index is 1.58. The average molecular weight is 416 g/mol.